The molecule has 0 saturated carbocycles. The summed E-state index contributed by atoms with van der Waals surface area (Å²) in [5.74, 6) is -0.0990. The van der Waals surface area contributed by atoms with Crippen LogP contribution in [0.4, 0.5) is 5.82 Å². The number of ether oxygens (including phenoxy) is 1. The Bertz CT molecular complexity index is 901. The molecule has 0 atom stereocenters. The Labute approximate surface area is 145 Å². The van der Waals surface area contributed by atoms with Gasteiger partial charge in [0.05, 0.1) is 10.5 Å². The van der Waals surface area contributed by atoms with Crippen LogP contribution in [0.25, 0.3) is 0 Å². The van der Waals surface area contributed by atoms with Gasteiger partial charge in [0, 0.05) is 6.20 Å². The van der Waals surface area contributed by atoms with Crippen LogP contribution in [0.15, 0.2) is 72.0 Å². The van der Waals surface area contributed by atoms with Crippen molar-refractivity contribution in [3.63, 3.8) is 0 Å². The number of hydrogen-bond donors (Lipinski definition) is 2. The van der Waals surface area contributed by atoms with E-state index in [4.69, 9.17) is 9.84 Å². The third kappa shape index (κ3) is 4.67. The zero-order chi connectivity index (χ0) is 18.4. The molecule has 1 aromatic heterocycles. The fraction of sp³-hybridized carbons (Fsp3) is 0.0588. The highest BCUT2D eigenvalue weighted by Gasteiger charge is 2.15. The van der Waals surface area contributed by atoms with Gasteiger partial charge in [-0.15, -0.1) is 0 Å². The van der Waals surface area contributed by atoms with Gasteiger partial charge in [-0.25, -0.2) is 18.2 Å². The molecule has 0 aliphatic carbocycles. The Kier molecular flexibility index (Phi) is 5.56. The number of carboxylic acid groups (broad SMARTS) is 1. The number of anilines is 1. The first-order valence-electron chi connectivity index (χ1n) is 7.14. The van der Waals surface area contributed by atoms with E-state index in [1.54, 1.807) is 19.1 Å². The molecule has 2 aromatic rings. The number of allylic oxidation sites excluding steroid dienone is 2. The average Bonchev–Trinajstić information content (AvgIpc) is 2.60. The molecule has 0 aliphatic rings. The highest BCUT2D eigenvalue weighted by Crippen LogP contribution is 2.20. The second-order valence-electron chi connectivity index (χ2n) is 4.81. The second-order valence-corrected chi connectivity index (χ2v) is 6.49. The molecule has 0 radical (unpaired) electrons. The summed E-state index contributed by atoms with van der Waals surface area (Å²) < 4.78 is 32.4. The number of nitrogens with one attached hydrogen (secondary N) is 1. The van der Waals surface area contributed by atoms with Crippen LogP contribution in [0, 0.1) is 0 Å². The summed E-state index contributed by atoms with van der Waals surface area (Å²) in [5.41, 5.74) is -0.0357. The van der Waals surface area contributed by atoms with E-state index >= 15 is 0 Å². The molecule has 130 valence electrons. The van der Waals surface area contributed by atoms with Gasteiger partial charge in [0.25, 0.3) is 10.0 Å². The first-order valence-corrected chi connectivity index (χ1v) is 8.63. The molecule has 2 rings (SSSR count). The molecule has 2 N–H and O–H groups in total. The number of carbonyl (C=O) groups is 1. The van der Waals surface area contributed by atoms with E-state index in [1.165, 1.54) is 36.4 Å². The quantitative estimate of drug-likeness (QED) is 0.581. The standard InChI is InChI=1S/C17H16N2O5S/c1-3-13(4-2)24-14-6-8-15(9-7-14)25(22,23)19-16-10-5-12(11-18-16)17(20)21/h3-11H,1H2,2H3,(H,18,19)(H,20,21)/b13-4+. The molecule has 0 spiro atoms. The summed E-state index contributed by atoms with van der Waals surface area (Å²) in [7, 11) is -3.85. The lowest BCUT2D eigenvalue weighted by Crippen LogP contribution is -2.14. The van der Waals surface area contributed by atoms with Crippen molar-refractivity contribution in [2.75, 3.05) is 4.72 Å². The molecular weight excluding hydrogens is 344 g/mol. The van der Waals surface area contributed by atoms with Crippen molar-refractivity contribution in [1.29, 1.82) is 0 Å². The number of aromatic nitrogens is 1. The fourth-order valence-electron chi connectivity index (χ4n) is 1.82. The number of aromatic carboxylic acids is 1. The number of rotatable bonds is 7. The van der Waals surface area contributed by atoms with Gasteiger partial charge < -0.3 is 9.84 Å². The lowest BCUT2D eigenvalue weighted by atomic mass is 10.3. The summed E-state index contributed by atoms with van der Waals surface area (Å²) in [6.45, 7) is 5.40. The molecule has 7 nitrogen and oxygen atoms in total. The van der Waals surface area contributed by atoms with Gasteiger partial charge >= 0.3 is 5.97 Å². The average molecular weight is 360 g/mol. The zero-order valence-electron chi connectivity index (χ0n) is 13.3. The van der Waals surface area contributed by atoms with E-state index in [-0.39, 0.29) is 16.3 Å². The van der Waals surface area contributed by atoms with Crippen LogP contribution < -0.4 is 9.46 Å². The van der Waals surface area contributed by atoms with Crippen LogP contribution in [-0.4, -0.2) is 24.5 Å². The Morgan fingerprint density at radius 3 is 2.40 bits per heavy atom. The number of carboxylic acids is 1. The molecule has 0 aliphatic heterocycles. The van der Waals surface area contributed by atoms with Crippen LogP contribution in [-0.2, 0) is 10.0 Å². The summed E-state index contributed by atoms with van der Waals surface area (Å²) in [5, 5.41) is 8.81. The Balaban J connectivity index is 2.16. The summed E-state index contributed by atoms with van der Waals surface area (Å²) in [4.78, 5) is 14.6. The number of sulfonamides is 1. The highest BCUT2D eigenvalue weighted by atomic mass is 32.2. The van der Waals surface area contributed by atoms with Gasteiger partial charge in [0.1, 0.15) is 17.3 Å². The zero-order valence-corrected chi connectivity index (χ0v) is 14.2. The monoisotopic (exact) mass is 360 g/mol. The number of hydrogen-bond acceptors (Lipinski definition) is 5. The summed E-state index contributed by atoms with van der Waals surface area (Å²) in [6.07, 6.45) is 4.34. The van der Waals surface area contributed by atoms with E-state index < -0.39 is 16.0 Å². The van der Waals surface area contributed by atoms with E-state index in [2.05, 4.69) is 16.3 Å². The number of pyridine rings is 1. The molecule has 0 amide bonds. The van der Waals surface area contributed by atoms with E-state index in [9.17, 15) is 13.2 Å². The van der Waals surface area contributed by atoms with E-state index in [0.717, 1.165) is 6.20 Å². The number of nitrogens with zero attached hydrogens (tertiary/aromatic N) is 1. The van der Waals surface area contributed by atoms with Crippen molar-refractivity contribution in [3.05, 3.63) is 72.6 Å². The SMILES string of the molecule is C=C/C(=C\C)Oc1ccc(S(=O)(=O)Nc2ccc(C(=O)O)cn2)cc1. The molecule has 0 bridgehead atoms. The second kappa shape index (κ2) is 7.63. The highest BCUT2D eigenvalue weighted by molar-refractivity contribution is 7.92. The van der Waals surface area contributed by atoms with Crippen LogP contribution in [0.5, 0.6) is 5.75 Å². The summed E-state index contributed by atoms with van der Waals surface area (Å²) in [6, 6.07) is 8.35. The molecule has 1 heterocycles. The maximum Gasteiger partial charge on any atom is 0.337 e. The first kappa shape index (κ1) is 18.2. The minimum atomic E-state index is -3.85. The minimum Gasteiger partial charge on any atom is -0.478 e. The van der Waals surface area contributed by atoms with Crippen LogP contribution in [0.3, 0.4) is 0 Å². The maximum atomic E-state index is 12.3. The van der Waals surface area contributed by atoms with Crippen LogP contribution in [0.2, 0.25) is 0 Å². The van der Waals surface area contributed by atoms with Gasteiger partial charge in [0.15, 0.2) is 0 Å². The Morgan fingerprint density at radius 1 is 1.24 bits per heavy atom. The predicted octanol–water partition coefficient (Wildman–Crippen LogP) is 3.05. The smallest absolute Gasteiger partial charge is 0.337 e. The van der Waals surface area contributed by atoms with Crippen LogP contribution >= 0.6 is 0 Å². The van der Waals surface area contributed by atoms with Gasteiger partial charge in [-0.1, -0.05) is 6.58 Å². The molecule has 0 fully saturated rings. The molecule has 0 saturated heterocycles. The van der Waals surface area contributed by atoms with E-state index in [1.807, 2.05) is 0 Å². The molecule has 8 heteroatoms. The lowest BCUT2D eigenvalue weighted by molar-refractivity contribution is 0.0696. The van der Waals surface area contributed by atoms with Crippen molar-refractivity contribution >= 4 is 21.8 Å². The maximum absolute atomic E-state index is 12.3. The molecule has 0 unspecified atom stereocenters. The molecule has 1 aromatic carbocycles. The van der Waals surface area contributed by atoms with E-state index in [0.29, 0.717) is 11.5 Å². The lowest BCUT2D eigenvalue weighted by Gasteiger charge is -2.09. The van der Waals surface area contributed by atoms with Gasteiger partial charge in [-0.3, -0.25) is 4.72 Å². The van der Waals surface area contributed by atoms with Gasteiger partial charge in [-0.2, -0.15) is 0 Å². The van der Waals surface area contributed by atoms with Crippen molar-refractivity contribution < 1.29 is 23.1 Å². The Hall–Kier alpha value is -3.13. The van der Waals surface area contributed by atoms with Crippen molar-refractivity contribution in [2.24, 2.45) is 0 Å². The minimum absolute atomic E-state index is 0.0181. The van der Waals surface area contributed by atoms with Crippen molar-refractivity contribution in [2.45, 2.75) is 11.8 Å². The Morgan fingerprint density at radius 2 is 1.92 bits per heavy atom. The van der Waals surface area contributed by atoms with Crippen LogP contribution in [0.1, 0.15) is 17.3 Å². The van der Waals surface area contributed by atoms with Crippen molar-refractivity contribution in [1.82, 2.24) is 4.98 Å². The first-order chi connectivity index (χ1) is 11.9. The summed E-state index contributed by atoms with van der Waals surface area (Å²) >= 11 is 0. The molecular formula is C17H16N2O5S. The molecule has 25 heavy (non-hydrogen) atoms. The third-order valence-electron chi connectivity index (χ3n) is 3.10. The van der Waals surface area contributed by atoms with Gasteiger partial charge in [-0.05, 0) is 55.5 Å². The normalized spacial score (nSPS) is 11.6. The van der Waals surface area contributed by atoms with Gasteiger partial charge in [0.2, 0.25) is 0 Å². The topological polar surface area (TPSA) is 106 Å². The third-order valence-corrected chi connectivity index (χ3v) is 4.48. The number of benzene rings is 1. The predicted molar refractivity (Wildman–Crippen MR) is 93.0 cm³/mol. The largest absolute Gasteiger partial charge is 0.478 e. The van der Waals surface area contributed by atoms with Crippen molar-refractivity contribution in [3.8, 4) is 5.75 Å². The fourth-order valence-corrected chi connectivity index (χ4v) is 2.83.